The number of nitrogens with one attached hydrogen (secondary N) is 1. The molecule has 0 saturated carbocycles. The average Bonchev–Trinajstić information content (AvgIpc) is 2.45. The summed E-state index contributed by atoms with van der Waals surface area (Å²) >= 11 is 0. The van der Waals surface area contributed by atoms with E-state index in [9.17, 15) is 9.18 Å². The van der Waals surface area contributed by atoms with Crippen molar-refractivity contribution in [2.24, 2.45) is 0 Å². The highest BCUT2D eigenvalue weighted by Gasteiger charge is 2.01. The Labute approximate surface area is 114 Å². The van der Waals surface area contributed by atoms with Gasteiger partial charge in [-0.1, -0.05) is 12.1 Å². The Morgan fingerprint density at radius 1 is 1.10 bits per heavy atom. The van der Waals surface area contributed by atoms with Gasteiger partial charge in [0.05, 0.1) is 0 Å². The summed E-state index contributed by atoms with van der Waals surface area (Å²) in [6.45, 7) is 0.284. The molecule has 0 aliphatic carbocycles. The third-order valence-corrected chi connectivity index (χ3v) is 3.04. The van der Waals surface area contributed by atoms with E-state index < -0.39 is 0 Å². The average molecular weight is 269 g/mol. The van der Waals surface area contributed by atoms with Gasteiger partial charge in [0.2, 0.25) is 0 Å². The molecule has 2 aromatic carbocycles. The van der Waals surface area contributed by atoms with Crippen LogP contribution in [0.2, 0.25) is 0 Å². The number of benzene rings is 2. The summed E-state index contributed by atoms with van der Waals surface area (Å²) in [6.07, 6.45) is 1.60. The predicted molar refractivity (Wildman–Crippen MR) is 75.3 cm³/mol. The van der Waals surface area contributed by atoms with Gasteiger partial charge < -0.3 is 9.72 Å². The van der Waals surface area contributed by atoms with Crippen LogP contribution in [0.25, 0.3) is 10.8 Å². The van der Waals surface area contributed by atoms with Gasteiger partial charge in [0.1, 0.15) is 18.2 Å². The van der Waals surface area contributed by atoms with E-state index in [1.165, 1.54) is 12.1 Å². The molecule has 0 radical (unpaired) electrons. The molecule has 0 bridgehead atoms. The van der Waals surface area contributed by atoms with Crippen molar-refractivity contribution in [1.29, 1.82) is 0 Å². The summed E-state index contributed by atoms with van der Waals surface area (Å²) in [7, 11) is 0. The maximum Gasteiger partial charge on any atom is 0.255 e. The van der Waals surface area contributed by atoms with Crippen LogP contribution < -0.4 is 10.3 Å². The number of pyridine rings is 1. The molecule has 1 N–H and O–H groups in total. The Bertz CT molecular complexity index is 811. The molecule has 0 saturated heterocycles. The zero-order valence-corrected chi connectivity index (χ0v) is 10.6. The number of hydrogen-bond donors (Lipinski definition) is 1. The highest BCUT2D eigenvalue weighted by Crippen LogP contribution is 2.19. The minimum atomic E-state index is -0.281. The third kappa shape index (κ3) is 2.54. The van der Waals surface area contributed by atoms with Crippen molar-refractivity contribution in [1.82, 2.24) is 4.98 Å². The number of halogens is 1. The Kier molecular flexibility index (Phi) is 3.21. The fourth-order valence-electron chi connectivity index (χ4n) is 2.05. The second-order valence-corrected chi connectivity index (χ2v) is 4.47. The Morgan fingerprint density at radius 2 is 2.00 bits per heavy atom. The Morgan fingerprint density at radius 3 is 2.85 bits per heavy atom. The second kappa shape index (κ2) is 5.17. The van der Waals surface area contributed by atoms with Crippen LogP contribution in [0, 0.1) is 5.82 Å². The van der Waals surface area contributed by atoms with Gasteiger partial charge in [-0.15, -0.1) is 0 Å². The van der Waals surface area contributed by atoms with Crippen LogP contribution in [0.1, 0.15) is 5.56 Å². The van der Waals surface area contributed by atoms with Gasteiger partial charge in [-0.3, -0.25) is 4.79 Å². The second-order valence-electron chi connectivity index (χ2n) is 4.47. The van der Waals surface area contributed by atoms with E-state index in [-0.39, 0.29) is 18.0 Å². The van der Waals surface area contributed by atoms with E-state index in [0.29, 0.717) is 11.1 Å². The zero-order valence-electron chi connectivity index (χ0n) is 10.6. The van der Waals surface area contributed by atoms with Crippen LogP contribution in [0.3, 0.4) is 0 Å². The number of hydrogen-bond acceptors (Lipinski definition) is 2. The highest BCUT2D eigenvalue weighted by atomic mass is 19.1. The molecule has 3 aromatic rings. The van der Waals surface area contributed by atoms with E-state index in [2.05, 4.69) is 4.98 Å². The van der Waals surface area contributed by atoms with Gasteiger partial charge >= 0.3 is 0 Å². The number of aromatic nitrogens is 1. The first kappa shape index (κ1) is 12.4. The summed E-state index contributed by atoms with van der Waals surface area (Å²) in [5.74, 6) is 0.364. The van der Waals surface area contributed by atoms with Crippen molar-refractivity contribution in [3.8, 4) is 5.75 Å². The quantitative estimate of drug-likeness (QED) is 0.793. The number of ether oxygens (including phenoxy) is 1. The molecular weight excluding hydrogens is 257 g/mol. The Balaban J connectivity index is 1.83. The van der Waals surface area contributed by atoms with E-state index >= 15 is 0 Å². The largest absolute Gasteiger partial charge is 0.489 e. The van der Waals surface area contributed by atoms with Gasteiger partial charge in [-0.25, -0.2) is 4.39 Å². The maximum atomic E-state index is 13.1. The lowest BCUT2D eigenvalue weighted by Gasteiger charge is -2.07. The van der Waals surface area contributed by atoms with Crippen LogP contribution in [0.15, 0.2) is 59.5 Å². The highest BCUT2D eigenvalue weighted by molar-refractivity contribution is 5.82. The number of fused-ring (bicyclic) bond motifs is 1. The lowest BCUT2D eigenvalue weighted by atomic mass is 10.1. The van der Waals surface area contributed by atoms with Crippen LogP contribution in [-0.4, -0.2) is 4.98 Å². The maximum absolute atomic E-state index is 13.1. The predicted octanol–water partition coefficient (Wildman–Crippen LogP) is 3.25. The normalized spacial score (nSPS) is 10.7. The monoisotopic (exact) mass is 269 g/mol. The molecule has 0 aliphatic rings. The molecule has 4 heteroatoms. The SMILES string of the molecule is O=c1[nH]ccc2cc(OCc3cccc(F)c3)ccc12. The summed E-state index contributed by atoms with van der Waals surface area (Å²) in [4.78, 5) is 14.2. The number of rotatable bonds is 3. The van der Waals surface area contributed by atoms with Gasteiger partial charge in [0.15, 0.2) is 0 Å². The van der Waals surface area contributed by atoms with Crippen LogP contribution in [0.4, 0.5) is 4.39 Å². The molecule has 0 amide bonds. The first-order valence-electron chi connectivity index (χ1n) is 6.21. The van der Waals surface area contributed by atoms with Crippen LogP contribution >= 0.6 is 0 Å². The molecule has 0 spiro atoms. The summed E-state index contributed by atoms with van der Waals surface area (Å²) in [5.41, 5.74) is 0.634. The fourth-order valence-corrected chi connectivity index (χ4v) is 2.05. The number of aromatic amines is 1. The minimum absolute atomic E-state index is 0.126. The van der Waals surface area contributed by atoms with Crippen molar-refractivity contribution in [3.63, 3.8) is 0 Å². The first-order chi connectivity index (χ1) is 9.72. The van der Waals surface area contributed by atoms with Crippen molar-refractivity contribution in [2.45, 2.75) is 6.61 Å². The third-order valence-electron chi connectivity index (χ3n) is 3.04. The van der Waals surface area contributed by atoms with Crippen molar-refractivity contribution < 1.29 is 9.13 Å². The molecule has 20 heavy (non-hydrogen) atoms. The van der Waals surface area contributed by atoms with E-state index in [1.54, 1.807) is 36.5 Å². The molecule has 0 fully saturated rings. The van der Waals surface area contributed by atoms with Crippen molar-refractivity contribution in [2.75, 3.05) is 0 Å². The molecule has 3 nitrogen and oxygen atoms in total. The summed E-state index contributed by atoms with van der Waals surface area (Å²) in [5, 5.41) is 1.43. The van der Waals surface area contributed by atoms with E-state index in [0.717, 1.165) is 10.9 Å². The fraction of sp³-hybridized carbons (Fsp3) is 0.0625. The Hall–Kier alpha value is -2.62. The molecule has 3 rings (SSSR count). The smallest absolute Gasteiger partial charge is 0.255 e. The lowest BCUT2D eigenvalue weighted by molar-refractivity contribution is 0.306. The molecule has 0 atom stereocenters. The van der Waals surface area contributed by atoms with Crippen molar-refractivity contribution in [3.05, 3.63) is 76.5 Å². The minimum Gasteiger partial charge on any atom is -0.489 e. The molecule has 0 unspecified atom stereocenters. The number of H-pyrrole nitrogens is 1. The molecule has 1 aromatic heterocycles. The van der Waals surface area contributed by atoms with Crippen LogP contribution in [0.5, 0.6) is 5.75 Å². The van der Waals surface area contributed by atoms with Gasteiger partial charge in [-0.05, 0) is 47.3 Å². The molecule has 0 aliphatic heterocycles. The standard InChI is InChI=1S/C16H12FNO2/c17-13-3-1-2-11(8-13)10-20-14-4-5-15-12(9-14)6-7-18-16(15)19/h1-9H,10H2,(H,18,19). The molecule has 1 heterocycles. The van der Waals surface area contributed by atoms with E-state index in [4.69, 9.17) is 4.74 Å². The molecule has 100 valence electrons. The molecular formula is C16H12FNO2. The first-order valence-corrected chi connectivity index (χ1v) is 6.21. The van der Waals surface area contributed by atoms with Gasteiger partial charge in [-0.2, -0.15) is 0 Å². The lowest BCUT2D eigenvalue weighted by Crippen LogP contribution is -2.04. The topological polar surface area (TPSA) is 42.1 Å². The summed E-state index contributed by atoms with van der Waals surface area (Å²) < 4.78 is 18.7. The van der Waals surface area contributed by atoms with E-state index in [1.807, 2.05) is 6.07 Å². The van der Waals surface area contributed by atoms with Crippen molar-refractivity contribution >= 4 is 10.8 Å². The van der Waals surface area contributed by atoms with Gasteiger partial charge in [0.25, 0.3) is 5.56 Å². The van der Waals surface area contributed by atoms with Gasteiger partial charge in [0, 0.05) is 11.6 Å². The summed E-state index contributed by atoms with van der Waals surface area (Å²) in [6, 6.07) is 13.3. The zero-order chi connectivity index (χ0) is 13.9. The van der Waals surface area contributed by atoms with Crippen LogP contribution in [-0.2, 0) is 6.61 Å².